The number of hydrogen-bond acceptors (Lipinski definition) is 4. The van der Waals surface area contributed by atoms with Crippen LogP contribution in [0.15, 0.2) is 30.3 Å². The summed E-state index contributed by atoms with van der Waals surface area (Å²) >= 11 is 0. The van der Waals surface area contributed by atoms with Crippen molar-refractivity contribution >= 4 is 5.91 Å². The Morgan fingerprint density at radius 1 is 1.30 bits per heavy atom. The highest BCUT2D eigenvalue weighted by atomic mass is 16.5. The molecule has 1 saturated heterocycles. The van der Waals surface area contributed by atoms with Gasteiger partial charge in [-0.3, -0.25) is 9.69 Å². The van der Waals surface area contributed by atoms with Crippen LogP contribution in [0, 0.1) is 0 Å². The number of rotatable bonds is 8. The smallest absolute Gasteiger partial charge is 0.221 e. The van der Waals surface area contributed by atoms with Crippen LogP contribution in [0.25, 0.3) is 0 Å². The molecule has 0 spiro atoms. The first-order valence-corrected chi connectivity index (χ1v) is 8.44. The average Bonchev–Trinajstić information content (AvgIpc) is 2.54. The van der Waals surface area contributed by atoms with Crippen molar-refractivity contribution in [1.82, 2.24) is 10.2 Å². The van der Waals surface area contributed by atoms with Gasteiger partial charge in [0.05, 0.1) is 5.60 Å². The van der Waals surface area contributed by atoms with Gasteiger partial charge in [-0.25, -0.2) is 0 Å². The number of nitrogens with one attached hydrogen (secondary N) is 1. The second-order valence-corrected chi connectivity index (χ2v) is 6.24. The predicted octanol–water partition coefficient (Wildman–Crippen LogP) is 1.56. The Bertz CT molecular complexity index is 472. The van der Waals surface area contributed by atoms with Crippen molar-refractivity contribution in [2.45, 2.75) is 38.3 Å². The molecule has 0 unspecified atom stereocenters. The van der Waals surface area contributed by atoms with Crippen molar-refractivity contribution in [2.24, 2.45) is 0 Å². The summed E-state index contributed by atoms with van der Waals surface area (Å²) in [6, 6.07) is 10.2. The number of amides is 1. The Labute approximate surface area is 138 Å². The molecule has 1 aliphatic rings. The van der Waals surface area contributed by atoms with Gasteiger partial charge in [-0.05, 0) is 12.5 Å². The fourth-order valence-electron chi connectivity index (χ4n) is 2.93. The topological polar surface area (TPSA) is 61.8 Å². The molecule has 1 aliphatic heterocycles. The third-order valence-corrected chi connectivity index (χ3v) is 4.22. The van der Waals surface area contributed by atoms with Gasteiger partial charge in [0, 0.05) is 58.7 Å². The largest absolute Gasteiger partial charge is 0.388 e. The normalized spacial score (nSPS) is 17.2. The van der Waals surface area contributed by atoms with Crippen LogP contribution in [0.3, 0.4) is 0 Å². The minimum Gasteiger partial charge on any atom is -0.388 e. The van der Waals surface area contributed by atoms with E-state index in [1.54, 1.807) is 0 Å². The van der Waals surface area contributed by atoms with E-state index in [0.717, 1.165) is 6.54 Å². The molecule has 1 heterocycles. The van der Waals surface area contributed by atoms with Crippen molar-refractivity contribution in [3.8, 4) is 0 Å². The minimum absolute atomic E-state index is 0.0597. The maximum absolute atomic E-state index is 11.8. The molecule has 2 rings (SSSR count). The van der Waals surface area contributed by atoms with E-state index in [1.165, 1.54) is 5.56 Å². The second-order valence-electron chi connectivity index (χ2n) is 6.24. The van der Waals surface area contributed by atoms with Crippen LogP contribution in [0.5, 0.6) is 0 Å². The molecule has 1 amide bonds. The number of carbonyl (C=O) groups is 1. The maximum Gasteiger partial charge on any atom is 0.221 e. The molecule has 0 aromatic heterocycles. The van der Waals surface area contributed by atoms with Crippen LogP contribution < -0.4 is 5.32 Å². The second kappa shape index (κ2) is 9.01. The number of carbonyl (C=O) groups excluding carboxylic acids is 1. The standard InChI is InChI=1S/C18H28N2O3/c1-2-19-17(21)8-11-20(14-16-6-4-3-5-7-16)15-18(22)9-12-23-13-10-18/h3-7,22H,2,8-15H2,1H3,(H,19,21). The van der Waals surface area contributed by atoms with E-state index in [0.29, 0.717) is 52.1 Å². The average molecular weight is 320 g/mol. The van der Waals surface area contributed by atoms with E-state index >= 15 is 0 Å². The van der Waals surface area contributed by atoms with Gasteiger partial charge in [0.15, 0.2) is 0 Å². The molecule has 23 heavy (non-hydrogen) atoms. The zero-order valence-electron chi connectivity index (χ0n) is 14.0. The zero-order valence-corrected chi connectivity index (χ0v) is 14.0. The number of hydrogen-bond donors (Lipinski definition) is 2. The van der Waals surface area contributed by atoms with Gasteiger partial charge in [-0.1, -0.05) is 30.3 Å². The lowest BCUT2D eigenvalue weighted by Gasteiger charge is -2.37. The quantitative estimate of drug-likeness (QED) is 0.763. The lowest BCUT2D eigenvalue weighted by molar-refractivity contribution is -0.122. The molecule has 128 valence electrons. The van der Waals surface area contributed by atoms with Crippen LogP contribution >= 0.6 is 0 Å². The van der Waals surface area contributed by atoms with Crippen LogP contribution in [-0.4, -0.2) is 54.4 Å². The molecule has 0 atom stereocenters. The third-order valence-electron chi connectivity index (χ3n) is 4.22. The van der Waals surface area contributed by atoms with Crippen molar-refractivity contribution in [3.05, 3.63) is 35.9 Å². The van der Waals surface area contributed by atoms with Gasteiger partial charge in [-0.15, -0.1) is 0 Å². The minimum atomic E-state index is -0.714. The molecule has 0 aliphatic carbocycles. The summed E-state index contributed by atoms with van der Waals surface area (Å²) in [6.07, 6.45) is 1.76. The first kappa shape index (κ1) is 17.9. The Kier molecular flexibility index (Phi) is 7.02. The van der Waals surface area contributed by atoms with Crippen LogP contribution in [0.1, 0.15) is 31.7 Å². The van der Waals surface area contributed by atoms with Crippen LogP contribution in [-0.2, 0) is 16.1 Å². The molecule has 2 N–H and O–H groups in total. The monoisotopic (exact) mass is 320 g/mol. The lowest BCUT2D eigenvalue weighted by Crippen LogP contribution is -2.47. The van der Waals surface area contributed by atoms with Gasteiger partial charge in [0.1, 0.15) is 0 Å². The molecular formula is C18H28N2O3. The summed E-state index contributed by atoms with van der Waals surface area (Å²) in [5.41, 5.74) is 0.480. The van der Waals surface area contributed by atoms with Gasteiger partial charge in [0.25, 0.3) is 0 Å². The summed E-state index contributed by atoms with van der Waals surface area (Å²) in [5.74, 6) is 0.0597. The maximum atomic E-state index is 11.8. The first-order valence-electron chi connectivity index (χ1n) is 8.44. The number of nitrogens with zero attached hydrogens (tertiary/aromatic N) is 1. The lowest BCUT2D eigenvalue weighted by atomic mass is 9.93. The fourth-order valence-corrected chi connectivity index (χ4v) is 2.93. The molecule has 1 aromatic rings. The molecule has 1 aromatic carbocycles. The highest BCUT2D eigenvalue weighted by Gasteiger charge is 2.32. The predicted molar refractivity (Wildman–Crippen MR) is 90.0 cm³/mol. The van der Waals surface area contributed by atoms with Crippen molar-refractivity contribution in [1.29, 1.82) is 0 Å². The van der Waals surface area contributed by atoms with Gasteiger partial charge >= 0.3 is 0 Å². The van der Waals surface area contributed by atoms with E-state index in [2.05, 4.69) is 22.3 Å². The number of benzene rings is 1. The highest BCUT2D eigenvalue weighted by Crippen LogP contribution is 2.22. The van der Waals surface area contributed by atoms with Gasteiger partial charge in [-0.2, -0.15) is 0 Å². The van der Waals surface area contributed by atoms with Crippen molar-refractivity contribution < 1.29 is 14.6 Å². The van der Waals surface area contributed by atoms with Gasteiger partial charge in [0.2, 0.25) is 5.91 Å². The number of aliphatic hydroxyl groups is 1. The van der Waals surface area contributed by atoms with Crippen LogP contribution in [0.2, 0.25) is 0 Å². The molecule has 0 saturated carbocycles. The molecule has 5 nitrogen and oxygen atoms in total. The SMILES string of the molecule is CCNC(=O)CCN(Cc1ccccc1)CC1(O)CCOCC1. The summed E-state index contributed by atoms with van der Waals surface area (Å²) in [7, 11) is 0. The first-order chi connectivity index (χ1) is 11.1. The van der Waals surface area contributed by atoms with E-state index < -0.39 is 5.60 Å². The summed E-state index contributed by atoms with van der Waals surface area (Å²) in [6.45, 7) is 5.74. The molecule has 5 heteroatoms. The van der Waals surface area contributed by atoms with Crippen molar-refractivity contribution in [3.63, 3.8) is 0 Å². The number of ether oxygens (including phenoxy) is 1. The van der Waals surface area contributed by atoms with Gasteiger partial charge < -0.3 is 15.2 Å². The molecule has 0 bridgehead atoms. The fraction of sp³-hybridized carbons (Fsp3) is 0.611. The highest BCUT2D eigenvalue weighted by molar-refractivity contribution is 5.75. The van der Waals surface area contributed by atoms with E-state index in [4.69, 9.17) is 4.74 Å². The Morgan fingerprint density at radius 2 is 2.00 bits per heavy atom. The van der Waals surface area contributed by atoms with E-state index in [9.17, 15) is 9.90 Å². The van der Waals surface area contributed by atoms with Crippen molar-refractivity contribution in [2.75, 3.05) is 32.8 Å². The Balaban J connectivity index is 1.96. The van der Waals surface area contributed by atoms with Crippen LogP contribution in [0.4, 0.5) is 0 Å². The summed E-state index contributed by atoms with van der Waals surface area (Å²) < 4.78 is 5.35. The molecular weight excluding hydrogens is 292 g/mol. The van der Waals surface area contributed by atoms with E-state index in [-0.39, 0.29) is 5.91 Å². The molecule has 0 radical (unpaired) electrons. The zero-order chi connectivity index (χ0) is 16.5. The summed E-state index contributed by atoms with van der Waals surface area (Å²) in [4.78, 5) is 13.9. The Morgan fingerprint density at radius 3 is 2.65 bits per heavy atom. The Hall–Kier alpha value is -1.43. The molecule has 1 fully saturated rings. The van der Waals surface area contributed by atoms with E-state index in [1.807, 2.05) is 25.1 Å². The third kappa shape index (κ3) is 6.29. The summed E-state index contributed by atoms with van der Waals surface area (Å²) in [5, 5.41) is 13.6.